The number of anilines is 2. The van der Waals surface area contributed by atoms with E-state index in [1.165, 1.54) is 0 Å². The van der Waals surface area contributed by atoms with E-state index in [4.69, 9.17) is 23.2 Å². The molecule has 0 heterocycles. The highest BCUT2D eigenvalue weighted by Crippen LogP contribution is 2.41. The lowest BCUT2D eigenvalue weighted by Gasteiger charge is -2.10. The summed E-state index contributed by atoms with van der Waals surface area (Å²) in [6.45, 7) is 3.95. The number of amides is 2. The zero-order valence-electron chi connectivity index (χ0n) is 13.9. The van der Waals surface area contributed by atoms with Gasteiger partial charge in [0, 0.05) is 5.69 Å². The van der Waals surface area contributed by atoms with Crippen molar-refractivity contribution in [1.82, 2.24) is 0 Å². The van der Waals surface area contributed by atoms with E-state index in [2.05, 4.69) is 10.6 Å². The maximum absolute atomic E-state index is 12.4. The van der Waals surface area contributed by atoms with E-state index in [1.54, 1.807) is 18.2 Å². The molecule has 2 N–H and O–H groups in total. The lowest BCUT2D eigenvalue weighted by molar-refractivity contribution is -0.122. The standard InChI is InChI=1S/C19H18Cl2N2O2/c1-10-5-3-7-15(11(10)2)22-18(24)12-9-13(12)19(25)23-16-8-4-6-14(20)17(16)21/h3-8,12-13H,9H2,1-2H3,(H,22,24)(H,23,25). The van der Waals surface area contributed by atoms with Gasteiger partial charge in [-0.05, 0) is 49.6 Å². The van der Waals surface area contributed by atoms with Gasteiger partial charge in [-0.3, -0.25) is 9.59 Å². The number of hydrogen-bond donors (Lipinski definition) is 2. The summed E-state index contributed by atoms with van der Waals surface area (Å²) in [5.74, 6) is -1.02. The van der Waals surface area contributed by atoms with E-state index in [-0.39, 0.29) is 23.7 Å². The maximum Gasteiger partial charge on any atom is 0.228 e. The number of aryl methyl sites for hydroxylation is 1. The van der Waals surface area contributed by atoms with Crippen LogP contribution in [0.3, 0.4) is 0 Å². The fourth-order valence-electron chi connectivity index (χ4n) is 2.71. The van der Waals surface area contributed by atoms with Gasteiger partial charge in [-0.25, -0.2) is 0 Å². The molecule has 0 saturated heterocycles. The average molecular weight is 377 g/mol. The predicted octanol–water partition coefficient (Wildman–Crippen LogP) is 4.82. The van der Waals surface area contributed by atoms with E-state index in [1.807, 2.05) is 32.0 Å². The summed E-state index contributed by atoms with van der Waals surface area (Å²) in [5, 5.41) is 6.34. The Balaban J connectivity index is 1.62. The van der Waals surface area contributed by atoms with Crippen molar-refractivity contribution in [3.05, 3.63) is 57.6 Å². The zero-order valence-corrected chi connectivity index (χ0v) is 15.4. The number of halogens is 2. The van der Waals surface area contributed by atoms with Gasteiger partial charge in [-0.1, -0.05) is 41.4 Å². The van der Waals surface area contributed by atoms with Gasteiger partial charge in [0.2, 0.25) is 11.8 Å². The van der Waals surface area contributed by atoms with Crippen molar-refractivity contribution < 1.29 is 9.59 Å². The van der Waals surface area contributed by atoms with Gasteiger partial charge in [-0.15, -0.1) is 0 Å². The number of nitrogens with one attached hydrogen (secondary N) is 2. The van der Waals surface area contributed by atoms with Crippen LogP contribution in [0.25, 0.3) is 0 Å². The van der Waals surface area contributed by atoms with Crippen LogP contribution in [0, 0.1) is 25.7 Å². The summed E-state index contributed by atoms with van der Waals surface area (Å²) in [4.78, 5) is 24.7. The third-order valence-electron chi connectivity index (χ3n) is 4.54. The van der Waals surface area contributed by atoms with Crippen LogP contribution in [-0.4, -0.2) is 11.8 Å². The van der Waals surface area contributed by atoms with Crippen molar-refractivity contribution in [3.63, 3.8) is 0 Å². The molecule has 4 nitrogen and oxygen atoms in total. The molecule has 0 spiro atoms. The van der Waals surface area contributed by atoms with Crippen LogP contribution in [0.1, 0.15) is 17.5 Å². The van der Waals surface area contributed by atoms with E-state index in [0.29, 0.717) is 22.2 Å². The predicted molar refractivity (Wildman–Crippen MR) is 101 cm³/mol. The highest BCUT2D eigenvalue weighted by Gasteiger charge is 2.48. The Morgan fingerprint density at radius 2 is 1.48 bits per heavy atom. The summed E-state index contributed by atoms with van der Waals surface area (Å²) in [6.07, 6.45) is 0.528. The van der Waals surface area contributed by atoms with E-state index >= 15 is 0 Å². The summed E-state index contributed by atoms with van der Waals surface area (Å²) >= 11 is 12.0. The quantitative estimate of drug-likeness (QED) is 0.802. The van der Waals surface area contributed by atoms with Crippen LogP contribution in [0.2, 0.25) is 10.0 Å². The Bertz CT molecular complexity index is 782. The van der Waals surface area contributed by atoms with Gasteiger partial charge < -0.3 is 10.6 Å². The first-order valence-corrected chi connectivity index (χ1v) is 8.76. The molecular formula is C19H18Cl2N2O2. The molecule has 0 radical (unpaired) electrons. The van der Waals surface area contributed by atoms with Gasteiger partial charge >= 0.3 is 0 Å². The first-order valence-electron chi connectivity index (χ1n) is 8.00. The van der Waals surface area contributed by atoms with Gasteiger partial charge in [0.05, 0.1) is 27.6 Å². The molecule has 2 aromatic carbocycles. The van der Waals surface area contributed by atoms with E-state index < -0.39 is 0 Å². The van der Waals surface area contributed by atoms with Crippen LogP contribution in [0.15, 0.2) is 36.4 Å². The van der Waals surface area contributed by atoms with E-state index in [0.717, 1.165) is 16.8 Å². The first kappa shape index (κ1) is 17.8. The maximum atomic E-state index is 12.4. The molecule has 6 heteroatoms. The topological polar surface area (TPSA) is 58.2 Å². The molecule has 0 aliphatic heterocycles. The summed E-state index contributed by atoms with van der Waals surface area (Å²) < 4.78 is 0. The fraction of sp³-hybridized carbons (Fsp3) is 0.263. The van der Waals surface area contributed by atoms with Crippen molar-refractivity contribution in [2.45, 2.75) is 20.3 Å². The summed E-state index contributed by atoms with van der Waals surface area (Å²) in [7, 11) is 0. The van der Waals surface area contributed by atoms with Crippen LogP contribution in [0.4, 0.5) is 11.4 Å². The van der Waals surface area contributed by atoms with Crippen molar-refractivity contribution in [3.8, 4) is 0 Å². The number of hydrogen-bond acceptors (Lipinski definition) is 2. The number of carbonyl (C=O) groups is 2. The number of benzene rings is 2. The second kappa shape index (κ2) is 7.06. The smallest absolute Gasteiger partial charge is 0.228 e. The molecule has 3 rings (SSSR count). The second-order valence-electron chi connectivity index (χ2n) is 6.28. The monoisotopic (exact) mass is 376 g/mol. The molecule has 25 heavy (non-hydrogen) atoms. The average Bonchev–Trinajstić information content (AvgIpc) is 3.37. The Morgan fingerprint density at radius 1 is 0.920 bits per heavy atom. The Labute approximate surface area is 156 Å². The van der Waals surface area contributed by atoms with Gasteiger partial charge in [0.25, 0.3) is 0 Å². The highest BCUT2D eigenvalue weighted by atomic mass is 35.5. The van der Waals surface area contributed by atoms with Gasteiger partial charge in [0.15, 0.2) is 0 Å². The Hall–Kier alpha value is -2.04. The lowest BCUT2D eigenvalue weighted by Crippen LogP contribution is -2.21. The molecule has 1 aliphatic carbocycles. The lowest BCUT2D eigenvalue weighted by atomic mass is 10.1. The molecule has 1 saturated carbocycles. The largest absolute Gasteiger partial charge is 0.326 e. The van der Waals surface area contributed by atoms with Crippen molar-refractivity contribution >= 4 is 46.4 Å². The number of rotatable bonds is 4. The van der Waals surface area contributed by atoms with Gasteiger partial charge in [-0.2, -0.15) is 0 Å². The molecule has 0 bridgehead atoms. The third-order valence-corrected chi connectivity index (χ3v) is 5.35. The molecule has 0 aromatic heterocycles. The Kier molecular flexibility index (Phi) is 5.02. The second-order valence-corrected chi connectivity index (χ2v) is 7.06. The van der Waals surface area contributed by atoms with Crippen LogP contribution in [-0.2, 0) is 9.59 Å². The molecular weight excluding hydrogens is 359 g/mol. The minimum atomic E-state index is -0.347. The molecule has 2 unspecified atom stereocenters. The van der Waals surface area contributed by atoms with Crippen molar-refractivity contribution in [2.75, 3.05) is 10.6 Å². The Morgan fingerprint density at radius 3 is 2.16 bits per heavy atom. The normalized spacial score (nSPS) is 18.6. The molecule has 1 aliphatic rings. The number of carbonyl (C=O) groups excluding carboxylic acids is 2. The minimum Gasteiger partial charge on any atom is -0.326 e. The molecule has 130 valence electrons. The molecule has 1 fully saturated rings. The minimum absolute atomic E-state index is 0.133. The van der Waals surface area contributed by atoms with Crippen molar-refractivity contribution in [2.24, 2.45) is 11.8 Å². The molecule has 2 atom stereocenters. The highest BCUT2D eigenvalue weighted by molar-refractivity contribution is 6.44. The fourth-order valence-corrected chi connectivity index (χ4v) is 3.06. The van der Waals surface area contributed by atoms with Gasteiger partial charge in [0.1, 0.15) is 0 Å². The molecule has 2 aromatic rings. The SMILES string of the molecule is Cc1cccc(NC(=O)C2CC2C(=O)Nc2cccc(Cl)c2Cl)c1C. The van der Waals surface area contributed by atoms with E-state index in [9.17, 15) is 9.59 Å². The van der Waals surface area contributed by atoms with Crippen LogP contribution < -0.4 is 10.6 Å². The van der Waals surface area contributed by atoms with Crippen molar-refractivity contribution in [1.29, 1.82) is 0 Å². The summed E-state index contributed by atoms with van der Waals surface area (Å²) in [6, 6.07) is 10.8. The van der Waals surface area contributed by atoms with Crippen LogP contribution in [0.5, 0.6) is 0 Å². The zero-order chi connectivity index (χ0) is 18.1. The first-order chi connectivity index (χ1) is 11.9. The van der Waals surface area contributed by atoms with Crippen LogP contribution >= 0.6 is 23.2 Å². The summed E-state index contributed by atoms with van der Waals surface area (Å²) in [5.41, 5.74) is 3.38. The third kappa shape index (κ3) is 3.80. The molecule has 2 amide bonds.